The number of sulfone groups is 1. The van der Waals surface area contributed by atoms with Crippen molar-refractivity contribution in [2.75, 3.05) is 24.3 Å². The number of aromatic nitrogens is 2. The standard InChI is InChI=1S/C13H15N3O4S/c1-19-11-3-2-8(10-5-13(14)16-15-10)4-12(11)20-9-6-21(17,18)7-9/h2-5,9H,6-7H2,1H3,(H3,14,15,16). The molecule has 1 aromatic heterocycles. The monoisotopic (exact) mass is 309 g/mol. The molecular weight excluding hydrogens is 294 g/mol. The van der Waals surface area contributed by atoms with Crippen LogP contribution in [0.4, 0.5) is 5.82 Å². The van der Waals surface area contributed by atoms with E-state index in [4.69, 9.17) is 15.2 Å². The molecule has 7 nitrogen and oxygen atoms in total. The molecule has 0 aliphatic carbocycles. The molecular formula is C13H15N3O4S. The van der Waals surface area contributed by atoms with Crippen LogP contribution in [0.3, 0.4) is 0 Å². The van der Waals surface area contributed by atoms with Gasteiger partial charge in [-0.2, -0.15) is 5.10 Å². The summed E-state index contributed by atoms with van der Waals surface area (Å²) in [7, 11) is -1.39. The Morgan fingerprint density at radius 2 is 2.05 bits per heavy atom. The van der Waals surface area contributed by atoms with Crippen LogP contribution >= 0.6 is 0 Å². The van der Waals surface area contributed by atoms with Gasteiger partial charge in [0, 0.05) is 11.6 Å². The molecule has 1 aliphatic rings. The van der Waals surface area contributed by atoms with E-state index in [0.717, 1.165) is 11.3 Å². The van der Waals surface area contributed by atoms with Gasteiger partial charge in [-0.25, -0.2) is 8.42 Å². The van der Waals surface area contributed by atoms with Gasteiger partial charge < -0.3 is 15.2 Å². The molecule has 21 heavy (non-hydrogen) atoms. The third kappa shape index (κ3) is 2.80. The lowest BCUT2D eigenvalue weighted by Crippen LogP contribution is -2.45. The smallest absolute Gasteiger partial charge is 0.162 e. The molecule has 3 rings (SSSR count). The lowest BCUT2D eigenvalue weighted by molar-refractivity contribution is 0.219. The summed E-state index contributed by atoms with van der Waals surface area (Å²) in [5.41, 5.74) is 7.17. The molecule has 1 aliphatic heterocycles. The van der Waals surface area contributed by atoms with Gasteiger partial charge in [0.05, 0.1) is 24.3 Å². The number of nitrogen functional groups attached to an aromatic ring is 1. The van der Waals surface area contributed by atoms with Gasteiger partial charge in [0.1, 0.15) is 11.9 Å². The van der Waals surface area contributed by atoms with E-state index in [2.05, 4.69) is 10.2 Å². The highest BCUT2D eigenvalue weighted by Gasteiger charge is 2.35. The molecule has 1 saturated heterocycles. The SMILES string of the molecule is COc1ccc(-c2cc(N)n[nH]2)cc1OC1CS(=O)(=O)C1. The Kier molecular flexibility index (Phi) is 3.25. The van der Waals surface area contributed by atoms with Gasteiger partial charge in [-0.3, -0.25) is 5.10 Å². The predicted molar refractivity (Wildman–Crippen MR) is 78.1 cm³/mol. The van der Waals surface area contributed by atoms with Crippen LogP contribution in [0.15, 0.2) is 24.3 Å². The molecule has 3 N–H and O–H groups in total. The first-order chi connectivity index (χ1) is 9.97. The second-order valence-corrected chi connectivity index (χ2v) is 7.04. The number of anilines is 1. The molecule has 112 valence electrons. The lowest BCUT2D eigenvalue weighted by Gasteiger charge is -2.27. The van der Waals surface area contributed by atoms with E-state index in [1.165, 1.54) is 7.11 Å². The second-order valence-electron chi connectivity index (χ2n) is 4.89. The molecule has 0 radical (unpaired) electrons. The average Bonchev–Trinajstić information content (AvgIpc) is 2.83. The Morgan fingerprint density at radius 3 is 2.62 bits per heavy atom. The zero-order chi connectivity index (χ0) is 15.0. The molecule has 8 heteroatoms. The molecule has 0 bridgehead atoms. The van der Waals surface area contributed by atoms with Crippen LogP contribution in [0.5, 0.6) is 11.5 Å². The Balaban J connectivity index is 1.87. The zero-order valence-corrected chi connectivity index (χ0v) is 12.2. The maximum atomic E-state index is 11.2. The highest BCUT2D eigenvalue weighted by Crippen LogP contribution is 2.34. The predicted octanol–water partition coefficient (Wildman–Crippen LogP) is 0.843. The van der Waals surface area contributed by atoms with E-state index in [0.29, 0.717) is 17.3 Å². The van der Waals surface area contributed by atoms with E-state index in [1.54, 1.807) is 18.2 Å². The summed E-state index contributed by atoms with van der Waals surface area (Å²) in [5, 5.41) is 6.69. The van der Waals surface area contributed by atoms with Crippen molar-refractivity contribution in [1.82, 2.24) is 10.2 Å². The van der Waals surface area contributed by atoms with Gasteiger partial charge in [0.2, 0.25) is 0 Å². The molecule has 0 unspecified atom stereocenters. The first-order valence-corrected chi connectivity index (χ1v) is 8.15. The van der Waals surface area contributed by atoms with Crippen LogP contribution < -0.4 is 15.2 Å². The number of nitrogens with two attached hydrogens (primary N) is 1. The van der Waals surface area contributed by atoms with Crippen LogP contribution in [-0.4, -0.2) is 43.3 Å². The Bertz CT molecular complexity index is 757. The van der Waals surface area contributed by atoms with E-state index < -0.39 is 9.84 Å². The van der Waals surface area contributed by atoms with Gasteiger partial charge in [-0.05, 0) is 18.2 Å². The fraction of sp³-hybridized carbons (Fsp3) is 0.308. The van der Waals surface area contributed by atoms with Crippen LogP contribution in [-0.2, 0) is 9.84 Å². The molecule has 0 atom stereocenters. The number of methoxy groups -OCH3 is 1. The van der Waals surface area contributed by atoms with Crippen LogP contribution in [0.1, 0.15) is 0 Å². The quantitative estimate of drug-likeness (QED) is 0.866. The van der Waals surface area contributed by atoms with Crippen LogP contribution in [0.2, 0.25) is 0 Å². The van der Waals surface area contributed by atoms with Crippen LogP contribution in [0, 0.1) is 0 Å². The van der Waals surface area contributed by atoms with Gasteiger partial charge in [-0.15, -0.1) is 0 Å². The van der Waals surface area contributed by atoms with Gasteiger partial charge >= 0.3 is 0 Å². The summed E-state index contributed by atoms with van der Waals surface area (Å²) < 4.78 is 33.3. The van der Waals surface area contributed by atoms with E-state index in [9.17, 15) is 8.42 Å². The summed E-state index contributed by atoms with van der Waals surface area (Å²) in [6.07, 6.45) is -0.328. The minimum atomic E-state index is -2.93. The van der Waals surface area contributed by atoms with Crippen molar-refractivity contribution in [3.8, 4) is 22.8 Å². The number of hydrogen-bond donors (Lipinski definition) is 2. The number of nitrogens with zero attached hydrogens (tertiary/aromatic N) is 1. The van der Waals surface area contributed by atoms with E-state index in [1.807, 2.05) is 6.07 Å². The Morgan fingerprint density at radius 1 is 1.29 bits per heavy atom. The normalized spacial score (nSPS) is 17.2. The Labute approximate surface area is 122 Å². The molecule has 1 aromatic carbocycles. The first-order valence-electron chi connectivity index (χ1n) is 6.33. The number of ether oxygens (including phenoxy) is 2. The fourth-order valence-electron chi connectivity index (χ4n) is 2.19. The number of H-pyrrole nitrogens is 1. The van der Waals surface area contributed by atoms with Crippen molar-refractivity contribution >= 4 is 15.7 Å². The average molecular weight is 309 g/mol. The summed E-state index contributed by atoms with van der Waals surface area (Å²) in [6, 6.07) is 7.08. The molecule has 0 amide bonds. The largest absolute Gasteiger partial charge is 0.493 e. The third-order valence-corrected chi connectivity index (χ3v) is 5.00. The highest BCUT2D eigenvalue weighted by atomic mass is 32.2. The van der Waals surface area contributed by atoms with Gasteiger partial charge in [0.15, 0.2) is 21.3 Å². The first kappa shape index (κ1) is 13.7. The third-order valence-electron chi connectivity index (χ3n) is 3.25. The van der Waals surface area contributed by atoms with Crippen molar-refractivity contribution in [2.45, 2.75) is 6.10 Å². The maximum absolute atomic E-state index is 11.2. The number of benzene rings is 1. The number of nitrogens with one attached hydrogen (secondary N) is 1. The van der Waals surface area contributed by atoms with E-state index >= 15 is 0 Å². The molecule has 2 aromatic rings. The van der Waals surface area contributed by atoms with Crippen molar-refractivity contribution < 1.29 is 17.9 Å². The second kappa shape index (κ2) is 4.96. The number of rotatable bonds is 4. The van der Waals surface area contributed by atoms with Crippen molar-refractivity contribution in [3.05, 3.63) is 24.3 Å². The summed E-state index contributed by atoms with van der Waals surface area (Å²) >= 11 is 0. The van der Waals surface area contributed by atoms with Gasteiger partial charge in [-0.1, -0.05) is 0 Å². The molecule has 0 spiro atoms. The minimum absolute atomic E-state index is 0.0391. The molecule has 1 fully saturated rings. The molecule has 0 saturated carbocycles. The van der Waals surface area contributed by atoms with Crippen molar-refractivity contribution in [1.29, 1.82) is 0 Å². The van der Waals surface area contributed by atoms with Crippen LogP contribution in [0.25, 0.3) is 11.3 Å². The summed E-state index contributed by atoms with van der Waals surface area (Å²) in [4.78, 5) is 0. The van der Waals surface area contributed by atoms with Gasteiger partial charge in [0.25, 0.3) is 0 Å². The maximum Gasteiger partial charge on any atom is 0.162 e. The lowest BCUT2D eigenvalue weighted by atomic mass is 10.1. The number of hydrogen-bond acceptors (Lipinski definition) is 6. The van der Waals surface area contributed by atoms with E-state index in [-0.39, 0.29) is 17.6 Å². The van der Waals surface area contributed by atoms with Crippen molar-refractivity contribution in [2.24, 2.45) is 0 Å². The Hall–Kier alpha value is -2.22. The number of aromatic amines is 1. The van der Waals surface area contributed by atoms with Crippen molar-refractivity contribution in [3.63, 3.8) is 0 Å². The zero-order valence-electron chi connectivity index (χ0n) is 11.4. The minimum Gasteiger partial charge on any atom is -0.493 e. The highest BCUT2D eigenvalue weighted by molar-refractivity contribution is 7.92. The summed E-state index contributed by atoms with van der Waals surface area (Å²) in [5.74, 6) is 1.53. The molecule has 2 heterocycles. The fourth-order valence-corrected chi connectivity index (χ4v) is 3.36. The topological polar surface area (TPSA) is 107 Å². The summed E-state index contributed by atoms with van der Waals surface area (Å²) in [6.45, 7) is 0.